The molecule has 21 heavy (non-hydrogen) atoms. The van der Waals surface area contributed by atoms with E-state index in [0.29, 0.717) is 0 Å². The van der Waals surface area contributed by atoms with Gasteiger partial charge in [-0.05, 0) is 24.1 Å². The Bertz CT molecular complexity index is 497. The fourth-order valence-corrected chi connectivity index (χ4v) is 2.47. The Hall–Kier alpha value is -1.56. The third-order valence-electron chi connectivity index (χ3n) is 3.75. The molecule has 5 nitrogen and oxygen atoms in total. The van der Waals surface area contributed by atoms with Crippen molar-refractivity contribution >= 4 is 6.08 Å². The van der Waals surface area contributed by atoms with E-state index in [1.807, 2.05) is 30.4 Å². The Balaban J connectivity index is 1.48. The van der Waals surface area contributed by atoms with E-state index in [9.17, 15) is 5.11 Å². The van der Waals surface area contributed by atoms with Crippen LogP contribution < -0.4 is 9.47 Å². The molecule has 2 heterocycles. The van der Waals surface area contributed by atoms with E-state index in [1.165, 1.54) is 0 Å². The Morgan fingerprint density at radius 2 is 2.00 bits per heavy atom. The minimum atomic E-state index is -0.432. The number of rotatable bonds is 5. The highest BCUT2D eigenvalue weighted by atomic mass is 16.7. The van der Waals surface area contributed by atoms with Crippen LogP contribution in [-0.4, -0.2) is 55.8 Å². The molecule has 2 aliphatic rings. The molecule has 0 aromatic heterocycles. The van der Waals surface area contributed by atoms with Crippen LogP contribution >= 0.6 is 0 Å². The number of hydrogen-bond donors (Lipinski definition) is 1. The summed E-state index contributed by atoms with van der Waals surface area (Å²) in [6, 6.07) is 5.77. The normalized spacial score (nSPS) is 20.0. The first-order valence-corrected chi connectivity index (χ1v) is 7.37. The van der Waals surface area contributed by atoms with Gasteiger partial charge in [0.05, 0.1) is 19.3 Å². The third kappa shape index (κ3) is 3.97. The summed E-state index contributed by atoms with van der Waals surface area (Å²) in [6.45, 7) is 4.68. The molecule has 1 fully saturated rings. The summed E-state index contributed by atoms with van der Waals surface area (Å²) in [4.78, 5) is 2.32. The van der Waals surface area contributed by atoms with Gasteiger partial charge in [-0.15, -0.1) is 0 Å². The zero-order valence-electron chi connectivity index (χ0n) is 12.0. The summed E-state index contributed by atoms with van der Waals surface area (Å²) in [5.41, 5.74) is 1.00. The number of aliphatic hydroxyl groups is 1. The second kappa shape index (κ2) is 6.93. The number of benzene rings is 1. The van der Waals surface area contributed by atoms with E-state index in [-0.39, 0.29) is 6.79 Å². The van der Waals surface area contributed by atoms with Crippen molar-refractivity contribution in [2.45, 2.75) is 12.5 Å². The Labute approximate surface area is 124 Å². The standard InChI is InChI=1S/C16H21NO4/c18-14(5-6-17-7-9-19-10-8-17)3-1-13-2-4-15-16(11-13)21-12-20-15/h1-4,11,14,18H,5-10,12H2/b3-1+. The molecule has 114 valence electrons. The van der Waals surface area contributed by atoms with Gasteiger partial charge in [0, 0.05) is 19.6 Å². The Morgan fingerprint density at radius 3 is 2.86 bits per heavy atom. The second-order valence-corrected chi connectivity index (χ2v) is 5.28. The van der Waals surface area contributed by atoms with Crippen LogP contribution in [0.25, 0.3) is 6.08 Å². The minimum Gasteiger partial charge on any atom is -0.454 e. The maximum absolute atomic E-state index is 10.0. The molecule has 2 aliphatic heterocycles. The Morgan fingerprint density at radius 1 is 1.19 bits per heavy atom. The van der Waals surface area contributed by atoms with Crippen LogP contribution in [-0.2, 0) is 4.74 Å². The van der Waals surface area contributed by atoms with Gasteiger partial charge in [0.15, 0.2) is 11.5 Å². The molecule has 0 spiro atoms. The van der Waals surface area contributed by atoms with Gasteiger partial charge in [-0.3, -0.25) is 4.90 Å². The minimum absolute atomic E-state index is 0.282. The van der Waals surface area contributed by atoms with Crippen LogP contribution in [0.5, 0.6) is 11.5 Å². The highest BCUT2D eigenvalue weighted by molar-refractivity contribution is 5.56. The number of ether oxygens (including phenoxy) is 3. The lowest BCUT2D eigenvalue weighted by atomic mass is 10.1. The summed E-state index contributed by atoms with van der Waals surface area (Å²) < 4.78 is 15.9. The quantitative estimate of drug-likeness (QED) is 0.891. The van der Waals surface area contributed by atoms with Crippen molar-refractivity contribution in [3.05, 3.63) is 29.8 Å². The van der Waals surface area contributed by atoms with Crippen LogP contribution in [0.4, 0.5) is 0 Å². The number of morpholine rings is 1. The maximum atomic E-state index is 10.0. The van der Waals surface area contributed by atoms with Gasteiger partial charge in [-0.1, -0.05) is 18.2 Å². The molecule has 1 aromatic rings. The van der Waals surface area contributed by atoms with E-state index < -0.39 is 6.10 Å². The lowest BCUT2D eigenvalue weighted by Gasteiger charge is -2.26. The SMILES string of the molecule is OC(/C=C/c1ccc2c(c1)OCO2)CCN1CCOCC1. The first-order chi connectivity index (χ1) is 10.3. The zero-order chi connectivity index (χ0) is 14.5. The molecule has 1 aromatic carbocycles. The van der Waals surface area contributed by atoms with Gasteiger partial charge >= 0.3 is 0 Å². The highest BCUT2D eigenvalue weighted by Crippen LogP contribution is 2.32. The van der Waals surface area contributed by atoms with Gasteiger partial charge in [0.2, 0.25) is 6.79 Å². The van der Waals surface area contributed by atoms with Crippen molar-refractivity contribution in [2.75, 3.05) is 39.6 Å². The lowest BCUT2D eigenvalue weighted by molar-refractivity contribution is 0.0328. The first-order valence-electron chi connectivity index (χ1n) is 7.37. The van der Waals surface area contributed by atoms with Crippen molar-refractivity contribution in [3.8, 4) is 11.5 Å². The van der Waals surface area contributed by atoms with Crippen LogP contribution in [0.3, 0.4) is 0 Å². The van der Waals surface area contributed by atoms with E-state index >= 15 is 0 Å². The lowest BCUT2D eigenvalue weighted by Crippen LogP contribution is -2.37. The van der Waals surface area contributed by atoms with Gasteiger partial charge in [-0.2, -0.15) is 0 Å². The predicted octanol–water partition coefficient (Wildman–Crippen LogP) is 1.51. The fraction of sp³-hybridized carbons (Fsp3) is 0.500. The van der Waals surface area contributed by atoms with Crippen LogP contribution in [0.15, 0.2) is 24.3 Å². The molecule has 0 radical (unpaired) electrons. The number of hydrogen-bond acceptors (Lipinski definition) is 5. The van der Waals surface area contributed by atoms with Crippen LogP contribution in [0.1, 0.15) is 12.0 Å². The summed E-state index contributed by atoms with van der Waals surface area (Å²) >= 11 is 0. The summed E-state index contributed by atoms with van der Waals surface area (Å²) in [7, 11) is 0. The summed E-state index contributed by atoms with van der Waals surface area (Å²) in [5.74, 6) is 1.54. The maximum Gasteiger partial charge on any atom is 0.231 e. The van der Waals surface area contributed by atoms with Crippen LogP contribution in [0.2, 0.25) is 0 Å². The second-order valence-electron chi connectivity index (χ2n) is 5.28. The first kappa shape index (κ1) is 14.4. The Kier molecular flexibility index (Phi) is 4.75. The van der Waals surface area contributed by atoms with Gasteiger partial charge in [0.1, 0.15) is 0 Å². The molecule has 0 bridgehead atoms. The molecule has 1 saturated heterocycles. The van der Waals surface area contributed by atoms with Crippen molar-refractivity contribution in [2.24, 2.45) is 0 Å². The van der Waals surface area contributed by atoms with Gasteiger partial charge in [0.25, 0.3) is 0 Å². The molecule has 1 atom stereocenters. The van der Waals surface area contributed by atoms with Crippen molar-refractivity contribution in [3.63, 3.8) is 0 Å². The van der Waals surface area contributed by atoms with E-state index in [4.69, 9.17) is 14.2 Å². The molecule has 0 aliphatic carbocycles. The van der Waals surface area contributed by atoms with E-state index in [0.717, 1.165) is 56.3 Å². The van der Waals surface area contributed by atoms with Crippen molar-refractivity contribution in [1.29, 1.82) is 0 Å². The van der Waals surface area contributed by atoms with Gasteiger partial charge in [-0.25, -0.2) is 0 Å². The highest BCUT2D eigenvalue weighted by Gasteiger charge is 2.13. The zero-order valence-corrected chi connectivity index (χ0v) is 12.0. The van der Waals surface area contributed by atoms with E-state index in [2.05, 4.69) is 4.90 Å². The molecule has 1 unspecified atom stereocenters. The molecule has 0 saturated carbocycles. The molecule has 1 N–H and O–H groups in total. The monoisotopic (exact) mass is 291 g/mol. The fourth-order valence-electron chi connectivity index (χ4n) is 2.47. The summed E-state index contributed by atoms with van der Waals surface area (Å²) in [6.07, 6.45) is 4.06. The molecular formula is C16H21NO4. The number of aliphatic hydroxyl groups excluding tert-OH is 1. The largest absolute Gasteiger partial charge is 0.454 e. The molecule has 5 heteroatoms. The van der Waals surface area contributed by atoms with Crippen molar-refractivity contribution < 1.29 is 19.3 Å². The average Bonchev–Trinajstić information content (AvgIpc) is 2.99. The molecule has 3 rings (SSSR count). The number of fused-ring (bicyclic) bond motifs is 1. The van der Waals surface area contributed by atoms with Gasteiger partial charge < -0.3 is 19.3 Å². The van der Waals surface area contributed by atoms with Crippen molar-refractivity contribution in [1.82, 2.24) is 4.90 Å². The summed E-state index contributed by atoms with van der Waals surface area (Å²) in [5, 5.41) is 10.0. The third-order valence-corrected chi connectivity index (χ3v) is 3.75. The topological polar surface area (TPSA) is 51.2 Å². The number of nitrogens with zero attached hydrogens (tertiary/aromatic N) is 1. The molecular weight excluding hydrogens is 270 g/mol. The van der Waals surface area contributed by atoms with E-state index in [1.54, 1.807) is 0 Å². The average molecular weight is 291 g/mol. The van der Waals surface area contributed by atoms with Crippen LogP contribution in [0, 0.1) is 0 Å². The predicted molar refractivity (Wildman–Crippen MR) is 79.5 cm³/mol. The smallest absolute Gasteiger partial charge is 0.231 e. The molecule has 0 amide bonds.